The van der Waals surface area contributed by atoms with Crippen molar-refractivity contribution < 1.29 is 13.9 Å². The third-order valence-electron chi connectivity index (χ3n) is 3.26. The number of ether oxygens (including phenoxy) is 1. The number of hydrogen-bond donors (Lipinski definition) is 2. The monoisotopic (exact) mass is 252 g/mol. The van der Waals surface area contributed by atoms with Gasteiger partial charge in [-0.3, -0.25) is 10.1 Å². The number of methoxy groups -OCH3 is 1. The van der Waals surface area contributed by atoms with E-state index in [4.69, 9.17) is 10.5 Å². The Hall–Kier alpha value is -1.62. The van der Waals surface area contributed by atoms with Crippen LogP contribution in [-0.4, -0.2) is 19.1 Å². The van der Waals surface area contributed by atoms with E-state index in [-0.39, 0.29) is 11.6 Å². The highest BCUT2D eigenvalue weighted by Crippen LogP contribution is 2.35. The highest BCUT2D eigenvalue weighted by atomic mass is 19.1. The van der Waals surface area contributed by atoms with Crippen molar-refractivity contribution in [3.8, 4) is 5.75 Å². The second kappa shape index (κ2) is 4.57. The van der Waals surface area contributed by atoms with Crippen LogP contribution in [0.3, 0.4) is 0 Å². The van der Waals surface area contributed by atoms with E-state index in [1.165, 1.54) is 19.2 Å². The highest BCUT2D eigenvalue weighted by Gasteiger charge is 2.42. The zero-order valence-electron chi connectivity index (χ0n) is 10.5. The van der Waals surface area contributed by atoms with Crippen LogP contribution in [0.2, 0.25) is 0 Å². The van der Waals surface area contributed by atoms with Gasteiger partial charge < -0.3 is 10.5 Å². The van der Waals surface area contributed by atoms with E-state index in [9.17, 15) is 9.18 Å². The Kier molecular flexibility index (Phi) is 3.26. The van der Waals surface area contributed by atoms with Crippen molar-refractivity contribution in [1.29, 1.82) is 0 Å². The summed E-state index contributed by atoms with van der Waals surface area (Å²) in [7, 11) is 1.44. The number of nitrogens with two attached hydrogens (primary N) is 1. The Balaban J connectivity index is 2.50. The maximum Gasteiger partial charge on any atom is 0.242 e. The van der Waals surface area contributed by atoms with E-state index in [0.717, 1.165) is 12.8 Å². The normalized spacial score (nSPS) is 18.2. The van der Waals surface area contributed by atoms with Crippen LogP contribution in [0.5, 0.6) is 5.75 Å². The average Bonchev–Trinajstić information content (AvgIpc) is 3.11. The number of carbonyl (C=O) groups is 1. The van der Waals surface area contributed by atoms with Gasteiger partial charge in [0, 0.05) is 6.04 Å². The first-order valence-electron chi connectivity index (χ1n) is 5.89. The molecule has 0 saturated heterocycles. The Labute approximate surface area is 105 Å². The largest absolute Gasteiger partial charge is 0.496 e. The van der Waals surface area contributed by atoms with Gasteiger partial charge in [-0.15, -0.1) is 0 Å². The van der Waals surface area contributed by atoms with E-state index in [1.54, 1.807) is 13.0 Å². The highest BCUT2D eigenvalue weighted by molar-refractivity contribution is 5.86. The van der Waals surface area contributed by atoms with Gasteiger partial charge in [0.1, 0.15) is 17.1 Å². The molecule has 1 unspecified atom stereocenters. The minimum atomic E-state index is -1.25. The van der Waals surface area contributed by atoms with Gasteiger partial charge in [0.15, 0.2) is 0 Å². The number of amides is 1. The molecule has 1 amide bonds. The third kappa shape index (κ3) is 2.18. The van der Waals surface area contributed by atoms with Gasteiger partial charge >= 0.3 is 0 Å². The molecule has 0 spiro atoms. The van der Waals surface area contributed by atoms with Gasteiger partial charge in [-0.25, -0.2) is 4.39 Å². The molecule has 2 rings (SSSR count). The lowest BCUT2D eigenvalue weighted by Crippen LogP contribution is -2.52. The van der Waals surface area contributed by atoms with Crippen molar-refractivity contribution in [3.63, 3.8) is 0 Å². The third-order valence-corrected chi connectivity index (χ3v) is 3.26. The van der Waals surface area contributed by atoms with E-state index in [2.05, 4.69) is 5.32 Å². The fourth-order valence-electron chi connectivity index (χ4n) is 2.06. The maximum atomic E-state index is 14.0. The molecule has 0 heterocycles. The zero-order valence-corrected chi connectivity index (χ0v) is 10.5. The molecule has 1 saturated carbocycles. The number of primary amides is 1. The molecule has 1 aromatic rings. The molecule has 1 atom stereocenters. The topological polar surface area (TPSA) is 64.3 Å². The summed E-state index contributed by atoms with van der Waals surface area (Å²) in [4.78, 5) is 11.7. The minimum Gasteiger partial charge on any atom is -0.496 e. The van der Waals surface area contributed by atoms with Gasteiger partial charge in [-0.05, 0) is 31.9 Å². The molecule has 1 fully saturated rings. The van der Waals surface area contributed by atoms with E-state index < -0.39 is 17.3 Å². The molecule has 3 N–H and O–H groups in total. The lowest BCUT2D eigenvalue weighted by atomic mass is 9.89. The van der Waals surface area contributed by atoms with E-state index >= 15 is 0 Å². The van der Waals surface area contributed by atoms with Crippen molar-refractivity contribution in [2.24, 2.45) is 5.73 Å². The van der Waals surface area contributed by atoms with E-state index in [0.29, 0.717) is 5.75 Å². The van der Waals surface area contributed by atoms with Crippen molar-refractivity contribution >= 4 is 5.91 Å². The Bertz CT molecular complexity index is 474. The van der Waals surface area contributed by atoms with Crippen LogP contribution in [0, 0.1) is 5.82 Å². The molecule has 18 heavy (non-hydrogen) atoms. The number of carbonyl (C=O) groups excluding carboxylic acids is 1. The fourth-order valence-corrected chi connectivity index (χ4v) is 2.06. The van der Waals surface area contributed by atoms with Crippen molar-refractivity contribution in [1.82, 2.24) is 5.32 Å². The summed E-state index contributed by atoms with van der Waals surface area (Å²) >= 11 is 0. The molecule has 4 nitrogen and oxygen atoms in total. The quantitative estimate of drug-likeness (QED) is 0.830. The molecular formula is C13H17FN2O2. The molecule has 0 radical (unpaired) electrons. The number of halogens is 1. The fraction of sp³-hybridized carbons (Fsp3) is 0.462. The van der Waals surface area contributed by atoms with Crippen molar-refractivity contribution in [3.05, 3.63) is 29.6 Å². The van der Waals surface area contributed by atoms with Gasteiger partial charge in [-0.2, -0.15) is 0 Å². The number of hydrogen-bond acceptors (Lipinski definition) is 3. The van der Waals surface area contributed by atoms with Crippen LogP contribution >= 0.6 is 0 Å². The summed E-state index contributed by atoms with van der Waals surface area (Å²) < 4.78 is 19.2. The Morgan fingerprint density at radius 1 is 1.56 bits per heavy atom. The molecule has 1 aromatic carbocycles. The Morgan fingerprint density at radius 3 is 2.72 bits per heavy atom. The van der Waals surface area contributed by atoms with Crippen LogP contribution < -0.4 is 15.8 Å². The van der Waals surface area contributed by atoms with Gasteiger partial charge in [0.05, 0.1) is 12.7 Å². The molecule has 0 aromatic heterocycles. The lowest BCUT2D eigenvalue weighted by Gasteiger charge is -2.29. The summed E-state index contributed by atoms with van der Waals surface area (Å²) in [6, 6.07) is 4.67. The molecule has 0 bridgehead atoms. The predicted molar refractivity (Wildman–Crippen MR) is 65.7 cm³/mol. The Morgan fingerprint density at radius 2 is 2.22 bits per heavy atom. The van der Waals surface area contributed by atoms with Crippen LogP contribution in [0.4, 0.5) is 4.39 Å². The average molecular weight is 252 g/mol. The van der Waals surface area contributed by atoms with Crippen LogP contribution in [0.15, 0.2) is 18.2 Å². The summed E-state index contributed by atoms with van der Waals surface area (Å²) in [6.07, 6.45) is 1.94. The van der Waals surface area contributed by atoms with Crippen LogP contribution in [0.1, 0.15) is 25.3 Å². The SMILES string of the molecule is COc1cccc(F)c1C(C)(NC1CC1)C(N)=O. The van der Waals surface area contributed by atoms with Gasteiger partial charge in [0.2, 0.25) is 5.91 Å². The van der Waals surface area contributed by atoms with Gasteiger partial charge in [0.25, 0.3) is 0 Å². The first-order valence-corrected chi connectivity index (χ1v) is 5.89. The van der Waals surface area contributed by atoms with Crippen LogP contribution in [0.25, 0.3) is 0 Å². The molecule has 98 valence electrons. The smallest absolute Gasteiger partial charge is 0.242 e. The maximum absolute atomic E-state index is 14.0. The van der Waals surface area contributed by atoms with Crippen molar-refractivity contribution in [2.45, 2.75) is 31.3 Å². The summed E-state index contributed by atoms with van der Waals surface area (Å²) in [5, 5.41) is 3.10. The second-order valence-electron chi connectivity index (χ2n) is 4.72. The van der Waals surface area contributed by atoms with E-state index in [1.807, 2.05) is 0 Å². The number of nitrogens with one attached hydrogen (secondary N) is 1. The van der Waals surface area contributed by atoms with Gasteiger partial charge in [-0.1, -0.05) is 6.07 Å². The van der Waals surface area contributed by atoms with Crippen molar-refractivity contribution in [2.75, 3.05) is 7.11 Å². The molecule has 0 aliphatic heterocycles. The second-order valence-corrected chi connectivity index (χ2v) is 4.72. The summed E-state index contributed by atoms with van der Waals surface area (Å²) in [6.45, 7) is 1.59. The van der Waals surface area contributed by atoms with Crippen LogP contribution in [-0.2, 0) is 10.3 Å². The summed E-state index contributed by atoms with van der Waals surface area (Å²) in [5.41, 5.74) is 4.37. The zero-order chi connectivity index (χ0) is 13.3. The summed E-state index contributed by atoms with van der Waals surface area (Å²) in [5.74, 6) is -0.786. The molecule has 5 heteroatoms. The molecule has 1 aliphatic carbocycles. The number of benzene rings is 1. The number of rotatable bonds is 5. The first kappa shape index (κ1) is 12.8. The molecular weight excluding hydrogens is 235 g/mol. The molecule has 1 aliphatic rings. The lowest BCUT2D eigenvalue weighted by molar-refractivity contribution is -0.124. The predicted octanol–water partition coefficient (Wildman–Crippen LogP) is 1.29. The standard InChI is InChI=1S/C13H17FN2O2/c1-13(12(15)17,16-8-6-7-8)11-9(14)4-3-5-10(11)18-2/h3-5,8,16H,6-7H2,1-2H3,(H2,15,17). The minimum absolute atomic E-state index is 0.173. The first-order chi connectivity index (χ1) is 8.49.